The number of quaternary nitrogens is 1. The molecule has 1 aliphatic rings. The van der Waals surface area contributed by atoms with Crippen LogP contribution in [-0.2, 0) is 0 Å². The van der Waals surface area contributed by atoms with E-state index >= 15 is 0 Å². The SMILES string of the molecule is CCCCC(CC)CN1C=C[N+](CC)(C(=O)[O-])C1. The monoisotopic (exact) mass is 254 g/mol. The molecule has 0 saturated carbocycles. The summed E-state index contributed by atoms with van der Waals surface area (Å²) >= 11 is 0. The van der Waals surface area contributed by atoms with Crippen LogP contribution < -0.4 is 5.11 Å². The lowest BCUT2D eigenvalue weighted by molar-refractivity contribution is -0.828. The van der Waals surface area contributed by atoms with Crippen molar-refractivity contribution in [1.29, 1.82) is 0 Å². The van der Waals surface area contributed by atoms with Gasteiger partial charge in [-0.25, -0.2) is 4.48 Å². The number of hydrogen-bond donors (Lipinski definition) is 0. The Hall–Kier alpha value is -1.03. The highest BCUT2D eigenvalue weighted by Gasteiger charge is 2.33. The molecule has 1 rings (SSSR count). The molecule has 0 bridgehead atoms. The van der Waals surface area contributed by atoms with Crippen molar-refractivity contribution in [3.63, 3.8) is 0 Å². The van der Waals surface area contributed by atoms with Crippen LogP contribution >= 0.6 is 0 Å². The highest BCUT2D eigenvalue weighted by atomic mass is 16.4. The summed E-state index contributed by atoms with van der Waals surface area (Å²) in [5.41, 5.74) is 0. The predicted octanol–water partition coefficient (Wildman–Crippen LogP) is 2.13. The number of unbranched alkanes of at least 4 members (excludes halogenated alkanes) is 1. The Balaban J connectivity index is 2.51. The molecule has 0 N–H and O–H groups in total. The summed E-state index contributed by atoms with van der Waals surface area (Å²) in [5, 5.41) is 11.2. The number of carboxylic acid groups (broad SMARTS) is 1. The third-order valence-electron chi connectivity index (χ3n) is 3.96. The van der Waals surface area contributed by atoms with Gasteiger partial charge in [0.15, 0.2) is 6.67 Å². The van der Waals surface area contributed by atoms with Crippen LogP contribution in [0.25, 0.3) is 0 Å². The van der Waals surface area contributed by atoms with E-state index in [2.05, 4.69) is 18.7 Å². The second kappa shape index (κ2) is 6.78. The lowest BCUT2D eigenvalue weighted by Crippen LogP contribution is -2.55. The van der Waals surface area contributed by atoms with Crippen molar-refractivity contribution in [2.75, 3.05) is 19.8 Å². The Kier molecular flexibility index (Phi) is 5.66. The van der Waals surface area contributed by atoms with Gasteiger partial charge < -0.3 is 14.8 Å². The minimum absolute atomic E-state index is 0.0653. The van der Waals surface area contributed by atoms with Crippen molar-refractivity contribution < 1.29 is 14.4 Å². The second-order valence-electron chi connectivity index (χ2n) is 5.24. The molecule has 0 radical (unpaired) electrons. The fourth-order valence-corrected chi connectivity index (χ4v) is 2.46. The van der Waals surface area contributed by atoms with Gasteiger partial charge in [-0.3, -0.25) is 0 Å². The normalized spacial score (nSPS) is 24.5. The van der Waals surface area contributed by atoms with Crippen molar-refractivity contribution in [2.45, 2.75) is 46.5 Å². The lowest BCUT2D eigenvalue weighted by Gasteiger charge is -2.32. The zero-order chi connectivity index (χ0) is 13.6. The molecule has 4 heteroatoms. The molecule has 2 atom stereocenters. The van der Waals surface area contributed by atoms with Gasteiger partial charge in [0.2, 0.25) is 0 Å². The summed E-state index contributed by atoms with van der Waals surface area (Å²) in [6, 6.07) is 0. The Morgan fingerprint density at radius 3 is 2.61 bits per heavy atom. The summed E-state index contributed by atoms with van der Waals surface area (Å²) in [5.74, 6) is 0.660. The number of nitrogens with zero attached hydrogens (tertiary/aromatic N) is 2. The number of rotatable bonds is 7. The van der Waals surface area contributed by atoms with E-state index < -0.39 is 6.09 Å². The molecular formula is C14H26N2O2. The van der Waals surface area contributed by atoms with Crippen LogP contribution in [0.15, 0.2) is 12.4 Å². The van der Waals surface area contributed by atoms with E-state index in [1.54, 1.807) is 6.20 Å². The first kappa shape index (κ1) is 15.0. The number of carbonyl (C=O) groups excluding carboxylic acids is 1. The van der Waals surface area contributed by atoms with Crippen molar-refractivity contribution >= 4 is 6.09 Å². The van der Waals surface area contributed by atoms with Crippen LogP contribution in [0.1, 0.15) is 46.5 Å². The molecule has 4 nitrogen and oxygen atoms in total. The molecule has 104 valence electrons. The molecule has 1 amide bonds. The first-order valence-corrected chi connectivity index (χ1v) is 7.09. The fourth-order valence-electron chi connectivity index (χ4n) is 2.46. The van der Waals surface area contributed by atoms with Crippen molar-refractivity contribution in [3.8, 4) is 0 Å². The predicted molar refractivity (Wildman–Crippen MR) is 70.2 cm³/mol. The first-order chi connectivity index (χ1) is 8.57. The van der Waals surface area contributed by atoms with E-state index in [9.17, 15) is 9.90 Å². The standard InChI is InChI=1S/C14H26N2O2/c1-4-7-8-13(5-2)11-15-9-10-16(6-3,12-15)14(17)18/h9-10,13H,4-8,11-12H2,1-3H3. The highest BCUT2D eigenvalue weighted by Crippen LogP contribution is 2.21. The van der Waals surface area contributed by atoms with Gasteiger partial charge in [-0.1, -0.05) is 33.1 Å². The lowest BCUT2D eigenvalue weighted by atomic mass is 9.99. The van der Waals surface area contributed by atoms with Gasteiger partial charge in [0.1, 0.15) is 6.20 Å². The van der Waals surface area contributed by atoms with Gasteiger partial charge in [-0.2, -0.15) is 0 Å². The second-order valence-corrected chi connectivity index (χ2v) is 5.24. The van der Waals surface area contributed by atoms with Crippen LogP contribution in [0.4, 0.5) is 4.79 Å². The van der Waals surface area contributed by atoms with Gasteiger partial charge in [-0.15, -0.1) is 0 Å². The largest absolute Gasteiger partial charge is 0.498 e. The third kappa shape index (κ3) is 3.48. The van der Waals surface area contributed by atoms with Crippen molar-refractivity contribution in [2.24, 2.45) is 5.92 Å². The molecule has 18 heavy (non-hydrogen) atoms. The summed E-state index contributed by atoms with van der Waals surface area (Å²) in [4.78, 5) is 13.3. The molecule has 0 aromatic carbocycles. The summed E-state index contributed by atoms with van der Waals surface area (Å²) in [7, 11) is 0. The van der Waals surface area contributed by atoms with Gasteiger partial charge in [0.05, 0.1) is 12.7 Å². The molecule has 1 heterocycles. The van der Waals surface area contributed by atoms with Crippen molar-refractivity contribution in [1.82, 2.24) is 4.90 Å². The summed E-state index contributed by atoms with van der Waals surface area (Å²) in [6.45, 7) is 8.32. The minimum Gasteiger partial charge on any atom is -0.498 e. The minimum atomic E-state index is -1.00. The van der Waals surface area contributed by atoms with Gasteiger partial charge in [-0.05, 0) is 19.3 Å². The average molecular weight is 254 g/mol. The molecule has 0 aromatic rings. The Labute approximate surface area is 110 Å². The maximum absolute atomic E-state index is 11.2. The van der Waals surface area contributed by atoms with Crippen molar-refractivity contribution in [3.05, 3.63) is 12.4 Å². The van der Waals surface area contributed by atoms with E-state index in [0.717, 1.165) is 13.0 Å². The Morgan fingerprint density at radius 1 is 1.44 bits per heavy atom. The Morgan fingerprint density at radius 2 is 2.17 bits per heavy atom. The topological polar surface area (TPSA) is 43.4 Å². The number of hydrogen-bond acceptors (Lipinski definition) is 3. The van der Waals surface area contributed by atoms with Gasteiger partial charge >= 0.3 is 0 Å². The molecule has 0 aromatic heterocycles. The molecule has 0 aliphatic carbocycles. The van der Waals surface area contributed by atoms with E-state index in [0.29, 0.717) is 19.1 Å². The van der Waals surface area contributed by atoms with Crippen LogP contribution in [0.5, 0.6) is 0 Å². The summed E-state index contributed by atoms with van der Waals surface area (Å²) < 4.78 is -0.0653. The van der Waals surface area contributed by atoms with Crippen LogP contribution in [-0.4, -0.2) is 35.2 Å². The number of amides is 1. The highest BCUT2D eigenvalue weighted by molar-refractivity contribution is 5.55. The molecule has 2 unspecified atom stereocenters. The van der Waals surface area contributed by atoms with E-state index in [-0.39, 0.29) is 4.48 Å². The molecule has 1 aliphatic heterocycles. The number of carbonyl (C=O) groups is 1. The smallest absolute Gasteiger partial charge is 0.263 e. The van der Waals surface area contributed by atoms with E-state index in [1.165, 1.54) is 19.3 Å². The average Bonchev–Trinajstić information content (AvgIpc) is 2.79. The molecule has 0 spiro atoms. The fraction of sp³-hybridized carbons (Fsp3) is 0.786. The molecule has 0 fully saturated rings. The maximum Gasteiger partial charge on any atom is 0.263 e. The Bertz CT molecular complexity index is 304. The van der Waals surface area contributed by atoms with Crippen LogP contribution in [0.2, 0.25) is 0 Å². The zero-order valence-corrected chi connectivity index (χ0v) is 11.9. The molecular weight excluding hydrogens is 228 g/mol. The molecule has 0 saturated heterocycles. The van der Waals surface area contributed by atoms with Gasteiger partial charge in [0, 0.05) is 6.54 Å². The van der Waals surface area contributed by atoms with Crippen LogP contribution in [0, 0.1) is 5.92 Å². The van der Waals surface area contributed by atoms with Crippen LogP contribution in [0.3, 0.4) is 0 Å². The quantitative estimate of drug-likeness (QED) is 0.654. The van der Waals surface area contributed by atoms with E-state index in [4.69, 9.17) is 0 Å². The third-order valence-corrected chi connectivity index (χ3v) is 3.96. The maximum atomic E-state index is 11.2. The zero-order valence-electron chi connectivity index (χ0n) is 11.9. The van der Waals surface area contributed by atoms with Gasteiger partial charge in [0.25, 0.3) is 6.09 Å². The summed E-state index contributed by atoms with van der Waals surface area (Å²) in [6.07, 6.45) is 7.54. The van der Waals surface area contributed by atoms with E-state index in [1.807, 2.05) is 13.1 Å². The first-order valence-electron chi connectivity index (χ1n) is 7.09.